The fourth-order valence-corrected chi connectivity index (χ4v) is 4.30. The van der Waals surface area contributed by atoms with Crippen LogP contribution in [-0.2, 0) is 16.4 Å². The van der Waals surface area contributed by atoms with E-state index in [4.69, 9.17) is 16.1 Å². The lowest BCUT2D eigenvalue weighted by molar-refractivity contribution is 0.378. The van der Waals surface area contributed by atoms with Gasteiger partial charge in [-0.3, -0.25) is 4.98 Å². The van der Waals surface area contributed by atoms with Gasteiger partial charge in [0.2, 0.25) is 10.0 Å². The van der Waals surface area contributed by atoms with Gasteiger partial charge in [0.25, 0.3) is 0 Å². The van der Waals surface area contributed by atoms with E-state index in [1.165, 1.54) is 41.9 Å². The Morgan fingerprint density at radius 1 is 1.14 bits per heavy atom. The minimum atomic E-state index is -3.60. The minimum absolute atomic E-state index is 0.0824. The second-order valence-corrected chi connectivity index (χ2v) is 9.15. The van der Waals surface area contributed by atoms with E-state index in [1.807, 2.05) is 0 Å². The number of aryl methyl sites for hydroxylation is 1. The minimum Gasteiger partial charge on any atom is -0.361 e. The fraction of sp³-hybridized carbons (Fsp3) is 0.300. The molecule has 2 heterocycles. The van der Waals surface area contributed by atoms with Crippen molar-refractivity contribution in [1.82, 2.24) is 14.4 Å². The largest absolute Gasteiger partial charge is 0.361 e. The quantitative estimate of drug-likeness (QED) is 0.458. The van der Waals surface area contributed by atoms with Crippen LogP contribution in [0, 0.1) is 5.82 Å². The second kappa shape index (κ2) is 9.47. The molecule has 6 nitrogen and oxygen atoms in total. The Morgan fingerprint density at radius 3 is 2.72 bits per heavy atom. The van der Waals surface area contributed by atoms with Crippen LogP contribution >= 0.6 is 11.6 Å². The molecular formula is C20H21ClFN3O3S. The lowest BCUT2D eigenvalue weighted by Gasteiger charge is -2.16. The maximum absolute atomic E-state index is 13.3. The summed E-state index contributed by atoms with van der Waals surface area (Å²) < 4.78 is 44.9. The normalized spacial score (nSPS) is 11.9. The Kier molecular flexibility index (Phi) is 7.00. The molecule has 29 heavy (non-hydrogen) atoms. The predicted octanol–water partition coefficient (Wildman–Crippen LogP) is 4.56. The van der Waals surface area contributed by atoms with E-state index in [2.05, 4.69) is 10.1 Å². The number of unbranched alkanes of at least 4 members (excludes halogenated alkanes) is 2. The molecule has 0 N–H and O–H groups in total. The first-order valence-corrected chi connectivity index (χ1v) is 11.0. The Bertz CT molecular complexity index is 1070. The fourth-order valence-electron chi connectivity index (χ4n) is 2.86. The topological polar surface area (TPSA) is 76.3 Å². The summed E-state index contributed by atoms with van der Waals surface area (Å²) in [6, 6.07) is 9.38. The molecule has 0 aliphatic rings. The van der Waals surface area contributed by atoms with E-state index in [0.717, 1.165) is 18.6 Å². The Balaban J connectivity index is 1.45. The van der Waals surface area contributed by atoms with Gasteiger partial charge in [0.05, 0.1) is 5.02 Å². The van der Waals surface area contributed by atoms with Gasteiger partial charge in [-0.1, -0.05) is 35.3 Å². The standard InChI is InChI=1S/C20H21ClFN3O3S/c1-25(29(26,27)19-11-16(21)13-23-14-19)9-4-2-3-8-18-12-20(24-28-18)15-6-5-7-17(22)10-15/h5-7,10-14H,2-4,8-9H2,1H3. The van der Waals surface area contributed by atoms with E-state index < -0.39 is 10.0 Å². The molecule has 0 bridgehead atoms. The van der Waals surface area contributed by atoms with Gasteiger partial charge < -0.3 is 4.52 Å². The Morgan fingerprint density at radius 2 is 1.97 bits per heavy atom. The van der Waals surface area contributed by atoms with Crippen molar-refractivity contribution in [2.75, 3.05) is 13.6 Å². The molecule has 1 aromatic carbocycles. The van der Waals surface area contributed by atoms with Crippen molar-refractivity contribution in [3.8, 4) is 11.3 Å². The molecule has 0 amide bonds. The van der Waals surface area contributed by atoms with Crippen molar-refractivity contribution in [1.29, 1.82) is 0 Å². The second-order valence-electron chi connectivity index (χ2n) is 6.66. The molecule has 154 valence electrons. The highest BCUT2D eigenvalue weighted by atomic mass is 35.5. The summed E-state index contributed by atoms with van der Waals surface area (Å²) >= 11 is 5.83. The summed E-state index contributed by atoms with van der Waals surface area (Å²) in [6.07, 6.45) is 5.71. The highest BCUT2D eigenvalue weighted by molar-refractivity contribution is 7.89. The smallest absolute Gasteiger partial charge is 0.244 e. The summed E-state index contributed by atoms with van der Waals surface area (Å²) in [6.45, 7) is 0.389. The molecule has 3 aromatic rings. The lowest BCUT2D eigenvalue weighted by Crippen LogP contribution is -2.28. The maximum atomic E-state index is 13.3. The molecule has 0 unspecified atom stereocenters. The zero-order valence-electron chi connectivity index (χ0n) is 15.9. The van der Waals surface area contributed by atoms with Crippen molar-refractivity contribution in [3.63, 3.8) is 0 Å². The number of hydrogen-bond acceptors (Lipinski definition) is 5. The number of aromatic nitrogens is 2. The number of hydrogen-bond donors (Lipinski definition) is 0. The Hall–Kier alpha value is -2.29. The van der Waals surface area contributed by atoms with Gasteiger partial charge in [0.15, 0.2) is 0 Å². The third kappa shape index (κ3) is 5.62. The SMILES string of the molecule is CN(CCCCCc1cc(-c2cccc(F)c2)no1)S(=O)(=O)c1cncc(Cl)c1. The van der Waals surface area contributed by atoms with Gasteiger partial charge in [0, 0.05) is 44.0 Å². The maximum Gasteiger partial charge on any atom is 0.244 e. The van der Waals surface area contributed by atoms with Crippen LogP contribution in [-0.4, -0.2) is 36.5 Å². The number of halogens is 2. The van der Waals surface area contributed by atoms with E-state index >= 15 is 0 Å². The van der Waals surface area contributed by atoms with Crippen LogP contribution in [0.15, 0.2) is 58.2 Å². The van der Waals surface area contributed by atoms with Crippen molar-refractivity contribution >= 4 is 21.6 Å². The molecule has 0 saturated heterocycles. The first-order valence-electron chi connectivity index (χ1n) is 9.15. The van der Waals surface area contributed by atoms with Crippen molar-refractivity contribution < 1.29 is 17.3 Å². The summed E-state index contributed by atoms with van der Waals surface area (Å²) in [5, 5.41) is 4.26. The van der Waals surface area contributed by atoms with Crippen LogP contribution in [0.4, 0.5) is 4.39 Å². The molecule has 0 fully saturated rings. The molecule has 0 radical (unpaired) electrons. The number of rotatable bonds is 9. The van der Waals surface area contributed by atoms with Crippen LogP contribution in [0.5, 0.6) is 0 Å². The van der Waals surface area contributed by atoms with E-state index in [-0.39, 0.29) is 15.7 Å². The van der Waals surface area contributed by atoms with Crippen molar-refractivity contribution in [3.05, 3.63) is 65.4 Å². The third-order valence-corrected chi connectivity index (χ3v) is 6.49. The van der Waals surface area contributed by atoms with Gasteiger partial charge in [-0.2, -0.15) is 0 Å². The summed E-state index contributed by atoms with van der Waals surface area (Å²) in [7, 11) is -2.06. The number of pyridine rings is 1. The highest BCUT2D eigenvalue weighted by Gasteiger charge is 2.21. The highest BCUT2D eigenvalue weighted by Crippen LogP contribution is 2.21. The Labute approximate surface area is 174 Å². The summed E-state index contributed by atoms with van der Waals surface area (Å²) in [5.74, 6) is 0.398. The lowest BCUT2D eigenvalue weighted by atomic mass is 10.1. The molecule has 0 spiro atoms. The molecule has 0 atom stereocenters. The first kappa shape index (κ1) is 21.4. The monoisotopic (exact) mass is 437 g/mol. The van der Waals surface area contributed by atoms with Gasteiger partial charge >= 0.3 is 0 Å². The van der Waals surface area contributed by atoms with Crippen LogP contribution in [0.2, 0.25) is 5.02 Å². The predicted molar refractivity (Wildman–Crippen MR) is 109 cm³/mol. The summed E-state index contributed by atoms with van der Waals surface area (Å²) in [5.41, 5.74) is 1.27. The van der Waals surface area contributed by atoms with E-state index in [0.29, 0.717) is 30.6 Å². The van der Waals surface area contributed by atoms with Crippen LogP contribution in [0.25, 0.3) is 11.3 Å². The number of nitrogens with zero attached hydrogens (tertiary/aromatic N) is 3. The molecule has 2 aromatic heterocycles. The molecule has 0 saturated carbocycles. The number of benzene rings is 1. The zero-order valence-corrected chi connectivity index (χ0v) is 17.5. The van der Waals surface area contributed by atoms with E-state index in [1.54, 1.807) is 18.2 Å². The van der Waals surface area contributed by atoms with Crippen LogP contribution in [0.3, 0.4) is 0 Å². The average molecular weight is 438 g/mol. The summed E-state index contributed by atoms with van der Waals surface area (Å²) in [4.78, 5) is 3.91. The third-order valence-electron chi connectivity index (χ3n) is 4.46. The van der Waals surface area contributed by atoms with Crippen LogP contribution in [0.1, 0.15) is 25.0 Å². The van der Waals surface area contributed by atoms with Gasteiger partial charge in [-0.05, 0) is 31.0 Å². The number of sulfonamides is 1. The van der Waals surface area contributed by atoms with Crippen LogP contribution < -0.4 is 0 Å². The molecule has 0 aliphatic heterocycles. The average Bonchev–Trinajstić information content (AvgIpc) is 3.16. The van der Waals surface area contributed by atoms with Gasteiger partial charge in [0.1, 0.15) is 22.2 Å². The first-order chi connectivity index (χ1) is 13.9. The van der Waals surface area contributed by atoms with Crippen molar-refractivity contribution in [2.24, 2.45) is 0 Å². The molecule has 0 aliphatic carbocycles. The van der Waals surface area contributed by atoms with Gasteiger partial charge in [-0.25, -0.2) is 17.1 Å². The zero-order chi connectivity index (χ0) is 20.9. The molecule has 3 rings (SSSR count). The van der Waals surface area contributed by atoms with E-state index in [9.17, 15) is 12.8 Å². The molecule has 9 heteroatoms. The van der Waals surface area contributed by atoms with Gasteiger partial charge in [-0.15, -0.1) is 0 Å². The molecular weight excluding hydrogens is 417 g/mol. The van der Waals surface area contributed by atoms with Crippen molar-refractivity contribution in [2.45, 2.75) is 30.6 Å².